The molecule has 2 aromatic carbocycles. The van der Waals surface area contributed by atoms with Gasteiger partial charge in [0.05, 0.1) is 16.3 Å². The van der Waals surface area contributed by atoms with Crippen LogP contribution < -0.4 is 4.72 Å². The number of sulfonamides is 1. The van der Waals surface area contributed by atoms with Crippen LogP contribution in [0.15, 0.2) is 65.6 Å². The normalized spacial score (nSPS) is 12.2. The van der Waals surface area contributed by atoms with Gasteiger partial charge < -0.3 is 0 Å². The SMILES string of the molecule is Cc1ccccc1-n1nc(C(C)(C)C)cc1NS(=O)(=O)c1ccccc1. The number of aryl methyl sites for hydroxylation is 1. The maximum atomic E-state index is 12.8. The van der Waals surface area contributed by atoms with Crippen LogP contribution in [-0.4, -0.2) is 18.2 Å². The summed E-state index contributed by atoms with van der Waals surface area (Å²) in [6, 6.07) is 17.9. The molecule has 0 spiro atoms. The van der Waals surface area contributed by atoms with Gasteiger partial charge in [-0.3, -0.25) is 4.72 Å². The van der Waals surface area contributed by atoms with E-state index in [9.17, 15) is 8.42 Å². The maximum Gasteiger partial charge on any atom is 0.263 e. The highest BCUT2D eigenvalue weighted by atomic mass is 32.2. The number of aromatic nitrogens is 2. The highest BCUT2D eigenvalue weighted by Crippen LogP contribution is 2.28. The van der Waals surface area contributed by atoms with Gasteiger partial charge in [0.2, 0.25) is 0 Å². The van der Waals surface area contributed by atoms with Crippen LogP contribution >= 0.6 is 0 Å². The quantitative estimate of drug-likeness (QED) is 0.746. The minimum absolute atomic E-state index is 0.207. The van der Waals surface area contributed by atoms with Crippen molar-refractivity contribution in [3.05, 3.63) is 71.9 Å². The molecule has 0 saturated carbocycles. The molecule has 1 N–H and O–H groups in total. The van der Waals surface area contributed by atoms with Crippen molar-refractivity contribution in [3.8, 4) is 5.69 Å². The zero-order valence-electron chi connectivity index (χ0n) is 15.4. The first kappa shape index (κ1) is 18.2. The van der Waals surface area contributed by atoms with Crippen molar-refractivity contribution in [2.24, 2.45) is 0 Å². The monoisotopic (exact) mass is 369 g/mol. The van der Waals surface area contributed by atoms with E-state index in [1.165, 1.54) is 0 Å². The Kier molecular flexibility index (Phi) is 4.63. The molecule has 0 fully saturated rings. The lowest BCUT2D eigenvalue weighted by Gasteiger charge is -2.14. The molecule has 0 aliphatic carbocycles. The van der Waals surface area contributed by atoms with E-state index in [1.807, 2.05) is 52.0 Å². The van der Waals surface area contributed by atoms with Gasteiger partial charge in [0.1, 0.15) is 5.82 Å². The van der Waals surface area contributed by atoms with E-state index in [1.54, 1.807) is 41.1 Å². The molecule has 26 heavy (non-hydrogen) atoms. The third-order valence-corrected chi connectivity index (χ3v) is 5.48. The molecule has 0 amide bonds. The van der Waals surface area contributed by atoms with Gasteiger partial charge >= 0.3 is 0 Å². The van der Waals surface area contributed by atoms with Crippen LogP contribution in [0.4, 0.5) is 5.82 Å². The summed E-state index contributed by atoms with van der Waals surface area (Å²) >= 11 is 0. The van der Waals surface area contributed by atoms with Crippen molar-refractivity contribution in [1.82, 2.24) is 9.78 Å². The molecular weight excluding hydrogens is 346 g/mol. The summed E-state index contributed by atoms with van der Waals surface area (Å²) in [7, 11) is -3.70. The second-order valence-electron chi connectivity index (χ2n) is 7.28. The Morgan fingerprint density at radius 1 is 0.962 bits per heavy atom. The number of nitrogens with one attached hydrogen (secondary N) is 1. The van der Waals surface area contributed by atoms with E-state index in [0.29, 0.717) is 5.82 Å². The van der Waals surface area contributed by atoms with Crippen molar-refractivity contribution in [1.29, 1.82) is 0 Å². The first-order chi connectivity index (χ1) is 12.2. The number of rotatable bonds is 4. The second-order valence-corrected chi connectivity index (χ2v) is 8.96. The standard InChI is InChI=1S/C20H23N3O2S/c1-15-10-8-9-13-17(15)23-19(14-18(21-23)20(2,3)4)22-26(24,25)16-11-6-5-7-12-16/h5-14,22H,1-4H3. The molecule has 3 aromatic rings. The Hall–Kier alpha value is -2.60. The molecule has 0 atom stereocenters. The van der Waals surface area contributed by atoms with Crippen molar-refractivity contribution >= 4 is 15.8 Å². The van der Waals surface area contributed by atoms with Gasteiger partial charge in [-0.2, -0.15) is 5.10 Å². The fraction of sp³-hybridized carbons (Fsp3) is 0.250. The average molecular weight is 369 g/mol. The molecule has 0 aliphatic rings. The van der Waals surface area contributed by atoms with Gasteiger partial charge in [-0.05, 0) is 30.7 Å². The first-order valence-electron chi connectivity index (χ1n) is 8.43. The highest BCUT2D eigenvalue weighted by molar-refractivity contribution is 7.92. The van der Waals surface area contributed by atoms with E-state index in [2.05, 4.69) is 9.82 Å². The van der Waals surface area contributed by atoms with Gasteiger partial charge in [0.25, 0.3) is 10.0 Å². The van der Waals surface area contributed by atoms with Crippen LogP contribution in [0.5, 0.6) is 0 Å². The fourth-order valence-electron chi connectivity index (χ4n) is 2.60. The molecule has 0 aliphatic heterocycles. The molecule has 0 radical (unpaired) electrons. The summed E-state index contributed by atoms with van der Waals surface area (Å²) in [6.45, 7) is 8.12. The molecule has 5 nitrogen and oxygen atoms in total. The Labute approximate surface area is 154 Å². The number of nitrogens with zero attached hydrogens (tertiary/aromatic N) is 2. The maximum absolute atomic E-state index is 12.8. The van der Waals surface area contributed by atoms with E-state index >= 15 is 0 Å². The third-order valence-electron chi connectivity index (χ3n) is 4.11. The summed E-state index contributed by atoms with van der Waals surface area (Å²) in [5.74, 6) is 0.424. The number of hydrogen-bond donors (Lipinski definition) is 1. The largest absolute Gasteiger partial charge is 0.263 e. The summed E-state index contributed by atoms with van der Waals surface area (Å²) in [5.41, 5.74) is 2.46. The van der Waals surface area contributed by atoms with Gasteiger partial charge in [-0.25, -0.2) is 13.1 Å². The molecular formula is C20H23N3O2S. The number of hydrogen-bond acceptors (Lipinski definition) is 3. The Morgan fingerprint density at radius 3 is 2.19 bits per heavy atom. The van der Waals surface area contributed by atoms with Crippen LogP contribution in [0, 0.1) is 6.92 Å². The Balaban J connectivity index is 2.12. The van der Waals surface area contributed by atoms with Crippen LogP contribution in [0.2, 0.25) is 0 Å². The van der Waals surface area contributed by atoms with Crippen LogP contribution in [0.25, 0.3) is 5.69 Å². The minimum atomic E-state index is -3.70. The molecule has 1 heterocycles. The van der Waals surface area contributed by atoms with Gasteiger partial charge in [0, 0.05) is 11.5 Å². The van der Waals surface area contributed by atoms with E-state index in [4.69, 9.17) is 0 Å². The van der Waals surface area contributed by atoms with Crippen molar-refractivity contribution in [2.75, 3.05) is 4.72 Å². The van der Waals surface area contributed by atoms with Crippen LogP contribution in [-0.2, 0) is 15.4 Å². The van der Waals surface area contributed by atoms with Gasteiger partial charge in [0.15, 0.2) is 0 Å². The predicted molar refractivity (Wildman–Crippen MR) is 104 cm³/mol. The van der Waals surface area contributed by atoms with Crippen molar-refractivity contribution in [3.63, 3.8) is 0 Å². The average Bonchev–Trinajstić information content (AvgIpc) is 2.99. The topological polar surface area (TPSA) is 64.0 Å². The van der Waals surface area contributed by atoms with Gasteiger partial charge in [-0.1, -0.05) is 57.2 Å². The molecule has 0 bridgehead atoms. The molecule has 6 heteroatoms. The van der Waals surface area contributed by atoms with Crippen LogP contribution in [0.3, 0.4) is 0 Å². The van der Waals surface area contributed by atoms with Crippen LogP contribution in [0.1, 0.15) is 32.0 Å². The van der Waals surface area contributed by atoms with E-state index < -0.39 is 10.0 Å². The number of anilines is 1. The Bertz CT molecular complexity index is 1020. The third kappa shape index (κ3) is 3.65. The number of benzene rings is 2. The lowest BCUT2D eigenvalue weighted by atomic mass is 9.92. The zero-order valence-corrected chi connectivity index (χ0v) is 16.2. The molecule has 0 unspecified atom stereocenters. The number of para-hydroxylation sites is 1. The van der Waals surface area contributed by atoms with Crippen molar-refractivity contribution in [2.45, 2.75) is 38.0 Å². The summed E-state index contributed by atoms with van der Waals surface area (Å²) in [6.07, 6.45) is 0. The molecule has 0 saturated heterocycles. The summed E-state index contributed by atoms with van der Waals surface area (Å²) in [5, 5.41) is 4.68. The van der Waals surface area contributed by atoms with E-state index in [-0.39, 0.29) is 10.3 Å². The highest BCUT2D eigenvalue weighted by Gasteiger charge is 2.24. The van der Waals surface area contributed by atoms with Crippen molar-refractivity contribution < 1.29 is 8.42 Å². The molecule has 136 valence electrons. The fourth-order valence-corrected chi connectivity index (χ4v) is 3.66. The lowest BCUT2D eigenvalue weighted by Crippen LogP contribution is -2.16. The second kappa shape index (κ2) is 6.61. The molecule has 1 aromatic heterocycles. The lowest BCUT2D eigenvalue weighted by molar-refractivity contribution is 0.560. The minimum Gasteiger partial charge on any atom is -0.263 e. The van der Waals surface area contributed by atoms with Gasteiger partial charge in [-0.15, -0.1) is 0 Å². The smallest absolute Gasteiger partial charge is 0.263 e. The van der Waals surface area contributed by atoms with E-state index in [0.717, 1.165) is 16.9 Å². The predicted octanol–water partition coefficient (Wildman–Crippen LogP) is 4.28. The Morgan fingerprint density at radius 2 is 1.58 bits per heavy atom. The molecule has 3 rings (SSSR count). The first-order valence-corrected chi connectivity index (χ1v) is 9.91. The summed E-state index contributed by atoms with van der Waals surface area (Å²) in [4.78, 5) is 0.217. The zero-order chi connectivity index (χ0) is 18.9. The summed E-state index contributed by atoms with van der Waals surface area (Å²) < 4.78 is 29.9.